The SMILES string of the molecule is CNC(=O)[C@@H](C)N(Cc1ccc(C)cc1)C(=O)CN1C(=O)c2cccc3cccc1c23. The largest absolute Gasteiger partial charge is 0.357 e. The molecule has 0 saturated carbocycles. The van der Waals surface area contributed by atoms with Crippen LogP contribution in [0.2, 0.25) is 0 Å². The van der Waals surface area contributed by atoms with Crippen LogP contribution in [-0.4, -0.2) is 42.3 Å². The van der Waals surface area contributed by atoms with Gasteiger partial charge in [0.1, 0.15) is 12.6 Å². The summed E-state index contributed by atoms with van der Waals surface area (Å²) in [5, 5.41) is 4.45. The van der Waals surface area contributed by atoms with Gasteiger partial charge in [0, 0.05) is 24.5 Å². The Kier molecular flexibility index (Phi) is 5.46. The van der Waals surface area contributed by atoms with Crippen molar-refractivity contribution in [3.05, 3.63) is 77.4 Å². The number of aryl methyl sites for hydroxylation is 1. The van der Waals surface area contributed by atoms with Crippen molar-refractivity contribution < 1.29 is 14.4 Å². The van der Waals surface area contributed by atoms with Crippen molar-refractivity contribution >= 4 is 34.2 Å². The third-order valence-electron chi connectivity index (χ3n) is 5.83. The molecule has 1 aliphatic rings. The number of carbonyl (C=O) groups excluding carboxylic acids is 3. The van der Waals surface area contributed by atoms with Gasteiger partial charge in [-0.15, -0.1) is 0 Å². The Morgan fingerprint density at radius 1 is 1.03 bits per heavy atom. The molecule has 1 heterocycles. The first kappa shape index (κ1) is 20.6. The quantitative estimate of drug-likeness (QED) is 0.672. The highest BCUT2D eigenvalue weighted by molar-refractivity contribution is 6.26. The van der Waals surface area contributed by atoms with Gasteiger partial charge in [-0.25, -0.2) is 0 Å². The standard InChI is InChI=1S/C25H25N3O3/c1-16-10-12-18(13-11-16)14-27(17(2)24(30)26-3)22(29)15-28-21-9-5-7-19-6-4-8-20(23(19)21)25(28)31/h4-13,17H,14-15H2,1-3H3,(H,26,30)/t17-/m1/s1. The number of hydrogen-bond donors (Lipinski definition) is 1. The van der Waals surface area contributed by atoms with Crippen LogP contribution in [0, 0.1) is 6.92 Å². The summed E-state index contributed by atoms with van der Waals surface area (Å²) < 4.78 is 0. The maximum Gasteiger partial charge on any atom is 0.259 e. The number of hydrogen-bond acceptors (Lipinski definition) is 3. The fourth-order valence-corrected chi connectivity index (χ4v) is 4.04. The van der Waals surface area contributed by atoms with E-state index in [1.54, 1.807) is 20.0 Å². The summed E-state index contributed by atoms with van der Waals surface area (Å²) in [5.74, 6) is -0.725. The molecule has 4 rings (SSSR count). The van der Waals surface area contributed by atoms with Gasteiger partial charge in [0.15, 0.2) is 0 Å². The molecule has 3 aromatic carbocycles. The molecule has 0 saturated heterocycles. The molecular formula is C25H25N3O3. The zero-order valence-corrected chi connectivity index (χ0v) is 17.9. The lowest BCUT2D eigenvalue weighted by atomic mass is 10.1. The molecule has 1 aliphatic heterocycles. The highest BCUT2D eigenvalue weighted by Gasteiger charge is 2.34. The minimum atomic E-state index is -0.672. The lowest BCUT2D eigenvalue weighted by molar-refractivity contribution is -0.139. The Balaban J connectivity index is 1.63. The number of nitrogens with zero attached hydrogens (tertiary/aromatic N) is 2. The van der Waals surface area contributed by atoms with Crippen molar-refractivity contribution in [2.75, 3.05) is 18.5 Å². The summed E-state index contributed by atoms with van der Waals surface area (Å²) in [6, 6.07) is 18.5. The Hall–Kier alpha value is -3.67. The van der Waals surface area contributed by atoms with Gasteiger partial charge in [0.05, 0.1) is 5.69 Å². The highest BCUT2D eigenvalue weighted by atomic mass is 16.2. The molecule has 0 radical (unpaired) electrons. The number of carbonyl (C=O) groups is 3. The van der Waals surface area contributed by atoms with Crippen LogP contribution in [0.5, 0.6) is 0 Å². The molecule has 0 aromatic heterocycles. The van der Waals surface area contributed by atoms with Crippen molar-refractivity contribution in [3.63, 3.8) is 0 Å². The van der Waals surface area contributed by atoms with Gasteiger partial charge in [0.2, 0.25) is 11.8 Å². The first-order valence-electron chi connectivity index (χ1n) is 10.3. The minimum absolute atomic E-state index is 0.125. The molecule has 0 unspecified atom stereocenters. The molecule has 1 N–H and O–H groups in total. The topological polar surface area (TPSA) is 69.7 Å². The van der Waals surface area contributed by atoms with Gasteiger partial charge in [-0.2, -0.15) is 0 Å². The lowest BCUT2D eigenvalue weighted by Crippen LogP contribution is -2.50. The van der Waals surface area contributed by atoms with Crippen LogP contribution in [0.15, 0.2) is 60.7 Å². The van der Waals surface area contributed by atoms with Gasteiger partial charge in [0.25, 0.3) is 5.91 Å². The van der Waals surface area contributed by atoms with Crippen LogP contribution < -0.4 is 10.2 Å². The Labute approximate surface area is 181 Å². The van der Waals surface area contributed by atoms with Crippen LogP contribution in [0.3, 0.4) is 0 Å². The average molecular weight is 415 g/mol. The fourth-order valence-electron chi connectivity index (χ4n) is 4.04. The van der Waals surface area contributed by atoms with E-state index in [0.29, 0.717) is 5.56 Å². The second kappa shape index (κ2) is 8.22. The van der Waals surface area contributed by atoms with Crippen molar-refractivity contribution in [2.45, 2.75) is 26.4 Å². The summed E-state index contributed by atoms with van der Waals surface area (Å²) in [7, 11) is 1.55. The molecule has 3 aromatic rings. The van der Waals surface area contributed by atoms with E-state index in [0.717, 1.165) is 27.6 Å². The second-order valence-corrected chi connectivity index (χ2v) is 7.87. The summed E-state index contributed by atoms with van der Waals surface area (Å²) in [4.78, 5) is 41.9. The molecule has 0 bridgehead atoms. The summed E-state index contributed by atoms with van der Waals surface area (Å²) in [5.41, 5.74) is 3.38. The number of rotatable bonds is 6. The first-order valence-corrected chi connectivity index (χ1v) is 10.3. The molecule has 158 valence electrons. The first-order chi connectivity index (χ1) is 14.9. The Morgan fingerprint density at radius 3 is 2.39 bits per heavy atom. The zero-order valence-electron chi connectivity index (χ0n) is 17.9. The monoisotopic (exact) mass is 415 g/mol. The van der Waals surface area contributed by atoms with Gasteiger partial charge in [-0.1, -0.05) is 54.1 Å². The summed E-state index contributed by atoms with van der Waals surface area (Å²) in [6.07, 6.45) is 0. The van der Waals surface area contributed by atoms with Crippen LogP contribution >= 0.6 is 0 Å². The predicted molar refractivity (Wildman–Crippen MR) is 121 cm³/mol. The minimum Gasteiger partial charge on any atom is -0.357 e. The highest BCUT2D eigenvalue weighted by Crippen LogP contribution is 2.37. The van der Waals surface area contributed by atoms with Crippen molar-refractivity contribution in [3.8, 4) is 0 Å². The maximum absolute atomic E-state index is 13.4. The maximum atomic E-state index is 13.4. The molecule has 6 heteroatoms. The second-order valence-electron chi connectivity index (χ2n) is 7.87. The van der Waals surface area contributed by atoms with E-state index in [2.05, 4.69) is 5.32 Å². The number of nitrogens with one attached hydrogen (secondary N) is 1. The van der Waals surface area contributed by atoms with Crippen LogP contribution in [-0.2, 0) is 16.1 Å². The molecule has 0 aliphatic carbocycles. The number of benzene rings is 3. The third kappa shape index (κ3) is 3.77. The average Bonchev–Trinajstić information content (AvgIpc) is 3.05. The molecular weight excluding hydrogens is 390 g/mol. The van der Waals surface area contributed by atoms with E-state index in [4.69, 9.17) is 0 Å². The normalized spacial score (nSPS) is 13.4. The molecule has 0 spiro atoms. The molecule has 6 nitrogen and oxygen atoms in total. The number of anilines is 1. The van der Waals surface area contributed by atoms with E-state index >= 15 is 0 Å². The van der Waals surface area contributed by atoms with E-state index in [9.17, 15) is 14.4 Å². The lowest BCUT2D eigenvalue weighted by Gasteiger charge is -2.30. The van der Waals surface area contributed by atoms with E-state index in [1.807, 2.05) is 61.5 Å². The van der Waals surface area contributed by atoms with Gasteiger partial charge in [-0.05, 0) is 36.9 Å². The number of likely N-dealkylation sites (N-methyl/N-ethyl adjacent to an activating group) is 1. The van der Waals surface area contributed by atoms with Crippen molar-refractivity contribution in [1.29, 1.82) is 0 Å². The van der Waals surface area contributed by atoms with Crippen LogP contribution in [0.25, 0.3) is 10.8 Å². The van der Waals surface area contributed by atoms with Crippen LogP contribution in [0.4, 0.5) is 5.69 Å². The Bertz CT molecular complexity index is 1170. The molecule has 31 heavy (non-hydrogen) atoms. The van der Waals surface area contributed by atoms with Crippen molar-refractivity contribution in [2.24, 2.45) is 0 Å². The third-order valence-corrected chi connectivity index (χ3v) is 5.83. The van der Waals surface area contributed by atoms with Crippen molar-refractivity contribution in [1.82, 2.24) is 10.2 Å². The van der Waals surface area contributed by atoms with E-state index < -0.39 is 6.04 Å². The van der Waals surface area contributed by atoms with Gasteiger partial charge in [-0.3, -0.25) is 19.3 Å². The fraction of sp³-hybridized carbons (Fsp3) is 0.240. The summed E-state index contributed by atoms with van der Waals surface area (Å²) in [6.45, 7) is 3.86. The summed E-state index contributed by atoms with van der Waals surface area (Å²) >= 11 is 0. The Morgan fingerprint density at radius 2 is 1.71 bits per heavy atom. The predicted octanol–water partition coefficient (Wildman–Crippen LogP) is 3.27. The van der Waals surface area contributed by atoms with Gasteiger partial charge >= 0.3 is 0 Å². The number of amides is 3. The molecule has 1 atom stereocenters. The molecule has 0 fully saturated rings. The smallest absolute Gasteiger partial charge is 0.259 e. The zero-order chi connectivity index (χ0) is 22.1. The van der Waals surface area contributed by atoms with E-state index in [1.165, 1.54) is 9.80 Å². The molecule has 3 amide bonds. The van der Waals surface area contributed by atoms with Crippen LogP contribution in [0.1, 0.15) is 28.4 Å². The van der Waals surface area contributed by atoms with Gasteiger partial charge < -0.3 is 10.2 Å². The van der Waals surface area contributed by atoms with E-state index in [-0.39, 0.29) is 30.8 Å².